The van der Waals surface area contributed by atoms with Crippen LogP contribution in [-0.4, -0.2) is 28.9 Å². The molecule has 1 fully saturated rings. The number of imidazole rings is 1. The summed E-state index contributed by atoms with van der Waals surface area (Å²) in [6, 6.07) is 24.0. The number of halogens is 2. The molecule has 34 heavy (non-hydrogen) atoms. The average Bonchev–Trinajstić information content (AvgIpc) is 3.51. The van der Waals surface area contributed by atoms with Crippen molar-refractivity contribution in [1.29, 1.82) is 0 Å². The van der Waals surface area contributed by atoms with Crippen LogP contribution in [-0.2, 0) is 33.1 Å². The van der Waals surface area contributed by atoms with Crippen molar-refractivity contribution in [3.05, 3.63) is 113 Å². The van der Waals surface area contributed by atoms with Gasteiger partial charge in [0, 0.05) is 23.0 Å². The smallest absolute Gasteiger partial charge is 0.215 e. The predicted octanol–water partition coefficient (Wildman–Crippen LogP) is 6.34. The van der Waals surface area contributed by atoms with Crippen molar-refractivity contribution in [2.75, 3.05) is 13.2 Å². The Morgan fingerprint density at radius 3 is 2.53 bits per heavy atom. The summed E-state index contributed by atoms with van der Waals surface area (Å²) >= 11 is 12.6. The first-order valence-electron chi connectivity index (χ1n) is 11.1. The van der Waals surface area contributed by atoms with Gasteiger partial charge >= 0.3 is 0 Å². The van der Waals surface area contributed by atoms with Crippen molar-refractivity contribution in [1.82, 2.24) is 9.55 Å². The Bertz CT molecular complexity index is 1220. The molecular weight excluding hydrogens is 471 g/mol. The lowest BCUT2D eigenvalue weighted by atomic mass is 10.0. The van der Waals surface area contributed by atoms with Crippen molar-refractivity contribution in [3.8, 4) is 11.1 Å². The molecule has 1 aromatic heterocycles. The zero-order valence-corrected chi connectivity index (χ0v) is 20.0. The predicted molar refractivity (Wildman–Crippen MR) is 133 cm³/mol. The van der Waals surface area contributed by atoms with Gasteiger partial charge < -0.3 is 18.8 Å². The van der Waals surface area contributed by atoms with Crippen LogP contribution in [0.2, 0.25) is 10.0 Å². The van der Waals surface area contributed by atoms with E-state index in [1.165, 1.54) is 11.1 Å². The molecular formula is C27H24Cl2N2O3. The van der Waals surface area contributed by atoms with E-state index in [0.29, 0.717) is 36.4 Å². The molecule has 174 valence electrons. The van der Waals surface area contributed by atoms with Crippen LogP contribution in [0.4, 0.5) is 0 Å². The van der Waals surface area contributed by atoms with E-state index < -0.39 is 5.79 Å². The highest BCUT2D eigenvalue weighted by atomic mass is 35.5. The number of benzene rings is 3. The maximum Gasteiger partial charge on any atom is 0.215 e. The number of ether oxygens (including phenoxy) is 3. The topological polar surface area (TPSA) is 45.5 Å². The van der Waals surface area contributed by atoms with Crippen LogP contribution >= 0.6 is 23.2 Å². The fraction of sp³-hybridized carbons (Fsp3) is 0.222. The lowest BCUT2D eigenvalue weighted by Crippen LogP contribution is -2.34. The summed E-state index contributed by atoms with van der Waals surface area (Å²) in [4.78, 5) is 4.13. The molecule has 1 aliphatic heterocycles. The highest BCUT2D eigenvalue weighted by Crippen LogP contribution is 2.40. The molecule has 0 saturated carbocycles. The standard InChI is InChI=1S/C27H24Cl2N2O3/c28-23-10-11-25(26(29)14-23)27(18-31-13-12-30-19-31)33-17-24(34-27)16-32-15-20-6-8-22(9-7-20)21-4-2-1-3-5-21/h1-14,19,24H,15-18H2. The number of hydrogen-bond acceptors (Lipinski definition) is 4. The summed E-state index contributed by atoms with van der Waals surface area (Å²) in [7, 11) is 0. The molecule has 7 heteroatoms. The van der Waals surface area contributed by atoms with Crippen LogP contribution in [0, 0.1) is 0 Å². The average molecular weight is 495 g/mol. The SMILES string of the molecule is Clc1ccc(C2(Cn3ccnc3)OCC(COCc3ccc(-c4ccccc4)cc3)O2)c(Cl)c1. The molecule has 1 aliphatic rings. The normalized spacial score (nSPS) is 20.0. The Morgan fingerprint density at radius 2 is 1.79 bits per heavy atom. The molecule has 2 unspecified atom stereocenters. The van der Waals surface area contributed by atoms with Gasteiger partial charge in [-0.05, 0) is 28.8 Å². The highest BCUT2D eigenvalue weighted by Gasteiger charge is 2.45. The molecule has 0 aliphatic carbocycles. The van der Waals surface area contributed by atoms with Crippen LogP contribution < -0.4 is 0 Å². The van der Waals surface area contributed by atoms with Crippen molar-refractivity contribution in [2.45, 2.75) is 25.0 Å². The van der Waals surface area contributed by atoms with Crippen molar-refractivity contribution >= 4 is 23.2 Å². The van der Waals surface area contributed by atoms with Crippen LogP contribution in [0.5, 0.6) is 0 Å². The van der Waals surface area contributed by atoms with Crippen LogP contribution in [0.1, 0.15) is 11.1 Å². The lowest BCUT2D eigenvalue weighted by Gasteiger charge is -2.30. The fourth-order valence-electron chi connectivity index (χ4n) is 4.11. The zero-order valence-electron chi connectivity index (χ0n) is 18.4. The van der Waals surface area contributed by atoms with Crippen LogP contribution in [0.25, 0.3) is 11.1 Å². The molecule has 0 radical (unpaired) electrons. The van der Waals surface area contributed by atoms with E-state index in [0.717, 1.165) is 11.1 Å². The quantitative estimate of drug-likeness (QED) is 0.286. The summed E-state index contributed by atoms with van der Waals surface area (Å²) in [6.45, 7) is 1.69. The maximum atomic E-state index is 6.53. The van der Waals surface area contributed by atoms with Crippen molar-refractivity contribution < 1.29 is 14.2 Å². The molecule has 0 bridgehead atoms. The molecule has 2 atom stereocenters. The first kappa shape index (κ1) is 23.1. The molecule has 5 nitrogen and oxygen atoms in total. The fourth-order valence-corrected chi connectivity index (χ4v) is 4.66. The van der Waals surface area contributed by atoms with E-state index in [2.05, 4.69) is 41.4 Å². The zero-order chi connectivity index (χ0) is 23.4. The van der Waals surface area contributed by atoms with E-state index in [-0.39, 0.29) is 6.10 Å². The Labute approximate surface area is 208 Å². The Hall–Kier alpha value is -2.67. The van der Waals surface area contributed by atoms with E-state index in [1.54, 1.807) is 24.7 Å². The van der Waals surface area contributed by atoms with Gasteiger partial charge in [-0.15, -0.1) is 0 Å². The van der Waals surface area contributed by atoms with E-state index in [4.69, 9.17) is 37.4 Å². The van der Waals surface area contributed by atoms with Crippen molar-refractivity contribution in [2.24, 2.45) is 0 Å². The first-order valence-corrected chi connectivity index (χ1v) is 11.8. The third-order valence-corrected chi connectivity index (χ3v) is 6.33. The van der Waals surface area contributed by atoms with E-state index >= 15 is 0 Å². The summed E-state index contributed by atoms with van der Waals surface area (Å²) in [5.74, 6) is -1.05. The van der Waals surface area contributed by atoms with Gasteiger partial charge in [0.25, 0.3) is 0 Å². The van der Waals surface area contributed by atoms with Gasteiger partial charge in [0.1, 0.15) is 6.10 Å². The molecule has 5 rings (SSSR count). The molecule has 0 N–H and O–H groups in total. The Kier molecular flexibility index (Phi) is 6.99. The van der Waals surface area contributed by atoms with E-state index in [9.17, 15) is 0 Å². The molecule has 4 aromatic rings. The second-order valence-electron chi connectivity index (χ2n) is 8.24. The lowest BCUT2D eigenvalue weighted by molar-refractivity contribution is -0.191. The number of hydrogen-bond donors (Lipinski definition) is 0. The Morgan fingerprint density at radius 1 is 1.00 bits per heavy atom. The first-order chi connectivity index (χ1) is 16.6. The number of nitrogens with zero attached hydrogens (tertiary/aromatic N) is 2. The molecule has 3 aromatic carbocycles. The number of aromatic nitrogens is 2. The van der Waals surface area contributed by atoms with E-state index in [1.807, 2.05) is 35.0 Å². The van der Waals surface area contributed by atoms with Gasteiger partial charge in [-0.25, -0.2) is 4.98 Å². The minimum Gasteiger partial charge on any atom is -0.374 e. The number of rotatable bonds is 8. The van der Waals surface area contributed by atoms with Crippen molar-refractivity contribution in [3.63, 3.8) is 0 Å². The minimum absolute atomic E-state index is 0.237. The van der Waals surface area contributed by atoms with Gasteiger partial charge in [-0.3, -0.25) is 0 Å². The molecule has 0 spiro atoms. The summed E-state index contributed by atoms with van der Waals surface area (Å²) < 4.78 is 20.5. The third-order valence-electron chi connectivity index (χ3n) is 5.78. The second-order valence-corrected chi connectivity index (χ2v) is 9.08. The summed E-state index contributed by atoms with van der Waals surface area (Å²) in [5.41, 5.74) is 4.21. The van der Waals surface area contributed by atoms with Crippen LogP contribution in [0.15, 0.2) is 91.5 Å². The molecule has 1 saturated heterocycles. The minimum atomic E-state index is -1.05. The Balaban J connectivity index is 1.23. The third kappa shape index (κ3) is 5.19. The second kappa shape index (κ2) is 10.3. The van der Waals surface area contributed by atoms with Gasteiger partial charge in [-0.2, -0.15) is 0 Å². The van der Waals surface area contributed by atoms with Gasteiger partial charge in [0.15, 0.2) is 0 Å². The largest absolute Gasteiger partial charge is 0.374 e. The van der Waals surface area contributed by atoms with Crippen LogP contribution in [0.3, 0.4) is 0 Å². The summed E-state index contributed by atoms with van der Waals surface area (Å²) in [5, 5.41) is 1.05. The highest BCUT2D eigenvalue weighted by molar-refractivity contribution is 6.35. The molecule has 0 amide bonds. The maximum absolute atomic E-state index is 6.53. The van der Waals surface area contributed by atoms with Gasteiger partial charge in [0.2, 0.25) is 5.79 Å². The van der Waals surface area contributed by atoms with Gasteiger partial charge in [0.05, 0.1) is 37.7 Å². The van der Waals surface area contributed by atoms with Gasteiger partial charge in [-0.1, -0.05) is 83.9 Å². The summed E-state index contributed by atoms with van der Waals surface area (Å²) in [6.07, 6.45) is 5.07. The monoisotopic (exact) mass is 494 g/mol. The molecule has 2 heterocycles.